The minimum atomic E-state index is 0.135. The Morgan fingerprint density at radius 1 is 1.67 bits per heavy atom. The summed E-state index contributed by atoms with van der Waals surface area (Å²) < 4.78 is 0.571. The molecule has 1 aromatic heterocycles. The van der Waals surface area contributed by atoms with Gasteiger partial charge in [0.15, 0.2) is 0 Å². The van der Waals surface area contributed by atoms with Crippen LogP contribution >= 0.6 is 22.6 Å². The number of halogens is 1. The molecule has 0 unspecified atom stereocenters. The molecule has 2 radical (unpaired) electrons. The lowest BCUT2D eigenvalue weighted by molar-refractivity contribution is 0.468. The number of hydrogen-bond donors (Lipinski definition) is 1. The van der Waals surface area contributed by atoms with E-state index in [1.807, 2.05) is 22.6 Å². The van der Waals surface area contributed by atoms with E-state index in [-0.39, 0.29) is 5.75 Å². The molecule has 1 heterocycles. The molecule has 0 saturated carbocycles. The Hall–Kier alpha value is -0.255. The zero-order valence-electron chi connectivity index (χ0n) is 4.50. The highest BCUT2D eigenvalue weighted by Gasteiger charge is 1.95. The molecule has 0 aromatic carbocycles. The van der Waals surface area contributed by atoms with Gasteiger partial charge in [0.1, 0.15) is 17.3 Å². The summed E-state index contributed by atoms with van der Waals surface area (Å²) in [5.41, 5.74) is 0.480. The number of nitrogens with zero attached hydrogens (tertiary/aromatic N) is 1. The maximum atomic E-state index is 8.95. The summed E-state index contributed by atoms with van der Waals surface area (Å²) in [5, 5.41) is 8.95. The van der Waals surface area contributed by atoms with E-state index in [0.717, 1.165) is 0 Å². The van der Waals surface area contributed by atoms with Crippen LogP contribution in [0, 0.1) is 3.70 Å². The van der Waals surface area contributed by atoms with Crippen LogP contribution in [-0.4, -0.2) is 17.9 Å². The summed E-state index contributed by atoms with van der Waals surface area (Å²) in [5.74, 6) is 0.135. The Labute approximate surface area is 67.9 Å². The third-order valence-electron chi connectivity index (χ3n) is 0.842. The maximum Gasteiger partial charge on any atom is 0.146 e. The predicted octanol–water partition coefficient (Wildman–Crippen LogP) is 0.186. The minimum absolute atomic E-state index is 0.135. The van der Waals surface area contributed by atoms with Gasteiger partial charge < -0.3 is 5.11 Å². The van der Waals surface area contributed by atoms with Crippen LogP contribution in [0.3, 0.4) is 0 Å². The Morgan fingerprint density at radius 3 is 2.78 bits per heavy atom. The van der Waals surface area contributed by atoms with Gasteiger partial charge in [0, 0.05) is 6.20 Å². The molecule has 9 heavy (non-hydrogen) atoms. The Kier molecular flexibility index (Phi) is 1.95. The van der Waals surface area contributed by atoms with E-state index < -0.39 is 0 Å². The topological polar surface area (TPSA) is 33.1 Å². The van der Waals surface area contributed by atoms with E-state index in [2.05, 4.69) is 4.98 Å². The lowest BCUT2D eigenvalue weighted by atomic mass is 9.99. The second-order valence-corrected chi connectivity index (χ2v) is 2.60. The highest BCUT2D eigenvalue weighted by atomic mass is 127. The van der Waals surface area contributed by atoms with Crippen LogP contribution in [0.4, 0.5) is 0 Å². The highest BCUT2D eigenvalue weighted by molar-refractivity contribution is 14.1. The fraction of sp³-hybridized carbons (Fsp3) is 0. The fourth-order valence-corrected chi connectivity index (χ4v) is 0.747. The first-order valence-corrected chi connectivity index (χ1v) is 3.38. The van der Waals surface area contributed by atoms with Crippen LogP contribution in [0.5, 0.6) is 5.75 Å². The van der Waals surface area contributed by atoms with Crippen molar-refractivity contribution in [3.63, 3.8) is 0 Å². The van der Waals surface area contributed by atoms with Gasteiger partial charge in [-0.3, -0.25) is 0 Å². The number of rotatable bonds is 0. The van der Waals surface area contributed by atoms with Crippen molar-refractivity contribution in [1.29, 1.82) is 0 Å². The molecule has 0 fully saturated rings. The Bertz CT molecular complexity index is 228. The van der Waals surface area contributed by atoms with Crippen LogP contribution in [0.15, 0.2) is 12.3 Å². The number of aromatic hydroxyl groups is 1. The summed E-state index contributed by atoms with van der Waals surface area (Å²) in [6, 6.07) is 1.47. The van der Waals surface area contributed by atoms with Gasteiger partial charge in [-0.15, -0.1) is 0 Å². The van der Waals surface area contributed by atoms with Gasteiger partial charge in [-0.25, -0.2) is 4.98 Å². The molecule has 1 N–H and O–H groups in total. The van der Waals surface area contributed by atoms with Gasteiger partial charge in [0.05, 0.1) is 0 Å². The van der Waals surface area contributed by atoms with E-state index in [4.69, 9.17) is 13.0 Å². The lowest BCUT2D eigenvalue weighted by Crippen LogP contribution is -2.02. The van der Waals surface area contributed by atoms with Crippen molar-refractivity contribution in [2.45, 2.75) is 0 Å². The molecule has 0 aliphatic rings. The smallest absolute Gasteiger partial charge is 0.146 e. The van der Waals surface area contributed by atoms with E-state index in [0.29, 0.717) is 9.16 Å². The largest absolute Gasteiger partial charge is 0.505 e. The molecule has 2 nitrogen and oxygen atoms in total. The molecule has 0 aliphatic heterocycles. The Balaban J connectivity index is 3.17. The molecule has 44 valence electrons. The Morgan fingerprint density at radius 2 is 2.33 bits per heavy atom. The fourth-order valence-electron chi connectivity index (χ4n) is 0.452. The van der Waals surface area contributed by atoms with Crippen LogP contribution < -0.4 is 5.46 Å². The van der Waals surface area contributed by atoms with Crippen molar-refractivity contribution in [2.75, 3.05) is 0 Å². The second kappa shape index (κ2) is 2.55. The summed E-state index contributed by atoms with van der Waals surface area (Å²) >= 11 is 1.92. The summed E-state index contributed by atoms with van der Waals surface area (Å²) in [7, 11) is 5.30. The first kappa shape index (κ1) is 6.86. The molecule has 0 saturated heterocycles. The van der Waals surface area contributed by atoms with Crippen molar-refractivity contribution in [3.8, 4) is 5.75 Å². The SMILES string of the molecule is [B]c1cnc(I)c(O)c1. The summed E-state index contributed by atoms with van der Waals surface area (Å²) in [6.45, 7) is 0. The third kappa shape index (κ3) is 1.57. The molecule has 0 atom stereocenters. The van der Waals surface area contributed by atoms with Crippen molar-refractivity contribution in [2.24, 2.45) is 0 Å². The molecule has 0 amide bonds. The monoisotopic (exact) mass is 231 g/mol. The normalized spacial score (nSPS) is 9.44. The standard InChI is InChI=1S/C5H3BINO/c6-3-1-4(9)5(7)8-2-3/h1-2,9H. The molecule has 4 heteroatoms. The van der Waals surface area contributed by atoms with Gasteiger partial charge in [-0.2, -0.15) is 0 Å². The van der Waals surface area contributed by atoms with Gasteiger partial charge in [0.2, 0.25) is 0 Å². The molecular weight excluding hydrogens is 228 g/mol. The van der Waals surface area contributed by atoms with Crippen LogP contribution in [0.2, 0.25) is 0 Å². The van der Waals surface area contributed by atoms with Gasteiger partial charge in [-0.05, 0) is 28.7 Å². The first-order valence-electron chi connectivity index (χ1n) is 2.30. The van der Waals surface area contributed by atoms with Gasteiger partial charge in [-0.1, -0.05) is 5.46 Å². The molecule has 0 bridgehead atoms. The third-order valence-corrected chi connectivity index (χ3v) is 1.67. The van der Waals surface area contributed by atoms with Crippen LogP contribution in [0.25, 0.3) is 0 Å². The number of hydrogen-bond acceptors (Lipinski definition) is 2. The van der Waals surface area contributed by atoms with E-state index in [1.54, 1.807) is 0 Å². The van der Waals surface area contributed by atoms with E-state index in [1.165, 1.54) is 12.3 Å². The second-order valence-electron chi connectivity index (χ2n) is 1.58. The minimum Gasteiger partial charge on any atom is -0.505 e. The quantitative estimate of drug-likeness (QED) is 0.392. The van der Waals surface area contributed by atoms with Gasteiger partial charge in [0.25, 0.3) is 0 Å². The molecule has 0 spiro atoms. The van der Waals surface area contributed by atoms with Crippen molar-refractivity contribution >= 4 is 35.9 Å². The number of pyridine rings is 1. The molecule has 1 rings (SSSR count). The average Bonchev–Trinajstić information content (AvgIpc) is 1.80. The van der Waals surface area contributed by atoms with Crippen molar-refractivity contribution < 1.29 is 5.11 Å². The average molecular weight is 231 g/mol. The first-order chi connectivity index (χ1) is 4.20. The molecule has 1 aromatic rings. The molecule has 0 aliphatic carbocycles. The van der Waals surface area contributed by atoms with E-state index >= 15 is 0 Å². The van der Waals surface area contributed by atoms with Crippen LogP contribution in [-0.2, 0) is 0 Å². The highest BCUT2D eigenvalue weighted by Crippen LogP contribution is 2.12. The van der Waals surface area contributed by atoms with E-state index in [9.17, 15) is 0 Å². The summed E-state index contributed by atoms with van der Waals surface area (Å²) in [6.07, 6.45) is 1.50. The zero-order valence-corrected chi connectivity index (χ0v) is 6.66. The van der Waals surface area contributed by atoms with Crippen LogP contribution in [0.1, 0.15) is 0 Å². The predicted molar refractivity (Wildman–Crippen MR) is 44.0 cm³/mol. The van der Waals surface area contributed by atoms with Crippen molar-refractivity contribution in [1.82, 2.24) is 4.98 Å². The molecular formula is C5H3BINO. The lowest BCUT2D eigenvalue weighted by Gasteiger charge is -1.94. The summed E-state index contributed by atoms with van der Waals surface area (Å²) in [4.78, 5) is 3.79. The zero-order chi connectivity index (χ0) is 6.85. The van der Waals surface area contributed by atoms with Crippen molar-refractivity contribution in [3.05, 3.63) is 16.0 Å². The van der Waals surface area contributed by atoms with Gasteiger partial charge >= 0.3 is 0 Å². The maximum absolute atomic E-state index is 8.95. The number of aromatic nitrogens is 1.